The molecule has 1 unspecified atom stereocenters. The summed E-state index contributed by atoms with van der Waals surface area (Å²) in [6.07, 6.45) is 2.30. The zero-order valence-corrected chi connectivity index (χ0v) is 12.4. The Morgan fingerprint density at radius 2 is 2.00 bits per heavy atom. The van der Waals surface area contributed by atoms with E-state index in [-0.39, 0.29) is 0 Å². The predicted molar refractivity (Wildman–Crippen MR) is 80.0 cm³/mol. The SMILES string of the molecule is CCC(CN)CN(C)CCc1cc(C)ccc1C. The first kappa shape index (κ1) is 15.2. The number of nitrogens with zero attached hydrogens (tertiary/aromatic N) is 1. The molecule has 2 N–H and O–H groups in total. The molecule has 1 aromatic carbocycles. The van der Waals surface area contributed by atoms with E-state index in [0.29, 0.717) is 5.92 Å². The van der Waals surface area contributed by atoms with E-state index < -0.39 is 0 Å². The highest BCUT2D eigenvalue weighted by molar-refractivity contribution is 5.30. The molecule has 0 heterocycles. The standard InChI is InChI=1S/C16H28N2/c1-5-15(11-17)12-18(4)9-8-16-10-13(2)6-7-14(16)3/h6-7,10,15H,5,8-9,11-12,17H2,1-4H3. The number of hydrogen-bond donors (Lipinski definition) is 1. The Morgan fingerprint density at radius 1 is 1.28 bits per heavy atom. The van der Waals surface area contributed by atoms with Crippen molar-refractivity contribution >= 4 is 0 Å². The molecule has 0 saturated heterocycles. The van der Waals surface area contributed by atoms with Gasteiger partial charge in [0.25, 0.3) is 0 Å². The number of nitrogens with two attached hydrogens (primary N) is 1. The fourth-order valence-electron chi connectivity index (χ4n) is 2.28. The van der Waals surface area contributed by atoms with Crippen molar-refractivity contribution in [3.63, 3.8) is 0 Å². The van der Waals surface area contributed by atoms with Gasteiger partial charge in [0.2, 0.25) is 0 Å². The van der Waals surface area contributed by atoms with Crippen LogP contribution in [0.2, 0.25) is 0 Å². The third-order valence-corrected chi connectivity index (χ3v) is 3.75. The van der Waals surface area contributed by atoms with E-state index >= 15 is 0 Å². The van der Waals surface area contributed by atoms with Crippen LogP contribution in [-0.2, 0) is 6.42 Å². The summed E-state index contributed by atoms with van der Waals surface area (Å²) in [6, 6.07) is 6.72. The summed E-state index contributed by atoms with van der Waals surface area (Å²) in [5.41, 5.74) is 9.99. The van der Waals surface area contributed by atoms with Gasteiger partial charge in [-0.25, -0.2) is 0 Å². The van der Waals surface area contributed by atoms with Crippen molar-refractivity contribution in [2.24, 2.45) is 11.7 Å². The lowest BCUT2D eigenvalue weighted by atomic mass is 10.0. The highest BCUT2D eigenvalue weighted by Gasteiger charge is 2.08. The minimum atomic E-state index is 0.633. The zero-order valence-electron chi connectivity index (χ0n) is 12.4. The minimum absolute atomic E-state index is 0.633. The molecule has 2 nitrogen and oxygen atoms in total. The first-order chi connectivity index (χ1) is 8.56. The summed E-state index contributed by atoms with van der Waals surface area (Å²) in [6.45, 7) is 9.59. The van der Waals surface area contributed by atoms with Crippen LogP contribution in [0, 0.1) is 19.8 Å². The second-order valence-electron chi connectivity index (χ2n) is 5.45. The molecule has 0 bridgehead atoms. The first-order valence-electron chi connectivity index (χ1n) is 7.01. The maximum absolute atomic E-state index is 5.76. The fourth-order valence-corrected chi connectivity index (χ4v) is 2.28. The Hall–Kier alpha value is -0.860. The van der Waals surface area contributed by atoms with Gasteiger partial charge in [-0.2, -0.15) is 0 Å². The normalized spacial score (nSPS) is 13.0. The molecule has 102 valence electrons. The molecule has 0 aliphatic carbocycles. The van der Waals surface area contributed by atoms with Crippen molar-refractivity contribution in [1.82, 2.24) is 4.90 Å². The van der Waals surface area contributed by atoms with Gasteiger partial charge in [0.1, 0.15) is 0 Å². The van der Waals surface area contributed by atoms with Gasteiger partial charge in [0.15, 0.2) is 0 Å². The molecule has 1 atom stereocenters. The van der Waals surface area contributed by atoms with Crippen LogP contribution in [-0.4, -0.2) is 31.6 Å². The molecule has 0 spiro atoms. The number of benzene rings is 1. The number of aryl methyl sites for hydroxylation is 2. The summed E-state index contributed by atoms with van der Waals surface area (Å²) < 4.78 is 0. The molecule has 18 heavy (non-hydrogen) atoms. The third kappa shape index (κ3) is 4.79. The van der Waals surface area contributed by atoms with Crippen LogP contribution in [0.5, 0.6) is 0 Å². The fraction of sp³-hybridized carbons (Fsp3) is 0.625. The lowest BCUT2D eigenvalue weighted by Crippen LogP contribution is -2.31. The molecule has 2 heteroatoms. The Kier molecular flexibility index (Phi) is 6.37. The average molecular weight is 248 g/mol. The molecule has 0 aliphatic heterocycles. The molecule has 1 aromatic rings. The largest absolute Gasteiger partial charge is 0.330 e. The van der Waals surface area contributed by atoms with Gasteiger partial charge >= 0.3 is 0 Å². The van der Waals surface area contributed by atoms with Gasteiger partial charge in [-0.15, -0.1) is 0 Å². The molecular formula is C16H28N2. The van der Waals surface area contributed by atoms with Crippen molar-refractivity contribution in [3.8, 4) is 0 Å². The Labute approximate surface area is 112 Å². The van der Waals surface area contributed by atoms with E-state index in [0.717, 1.165) is 26.1 Å². The van der Waals surface area contributed by atoms with Gasteiger partial charge in [-0.3, -0.25) is 0 Å². The monoisotopic (exact) mass is 248 g/mol. The van der Waals surface area contributed by atoms with E-state index in [1.165, 1.54) is 23.1 Å². The van der Waals surface area contributed by atoms with E-state index in [1.54, 1.807) is 0 Å². The number of likely N-dealkylation sites (N-methyl/N-ethyl adjacent to an activating group) is 1. The Balaban J connectivity index is 2.46. The summed E-state index contributed by atoms with van der Waals surface area (Å²) in [4.78, 5) is 2.41. The molecule has 0 amide bonds. The van der Waals surface area contributed by atoms with Gasteiger partial charge in [-0.1, -0.05) is 37.1 Å². The summed E-state index contributed by atoms with van der Waals surface area (Å²) in [5, 5.41) is 0. The van der Waals surface area contributed by atoms with E-state index in [4.69, 9.17) is 5.73 Å². The highest BCUT2D eigenvalue weighted by atomic mass is 15.1. The van der Waals surface area contributed by atoms with Crippen molar-refractivity contribution < 1.29 is 0 Å². The number of rotatable bonds is 7. The van der Waals surface area contributed by atoms with Gasteiger partial charge in [0, 0.05) is 13.1 Å². The average Bonchev–Trinajstić information content (AvgIpc) is 2.37. The van der Waals surface area contributed by atoms with E-state index in [1.807, 2.05) is 0 Å². The lowest BCUT2D eigenvalue weighted by Gasteiger charge is -2.22. The van der Waals surface area contributed by atoms with Gasteiger partial charge < -0.3 is 10.6 Å². The van der Waals surface area contributed by atoms with Crippen LogP contribution in [0.1, 0.15) is 30.0 Å². The van der Waals surface area contributed by atoms with Crippen LogP contribution < -0.4 is 5.73 Å². The smallest absolute Gasteiger partial charge is 0.00190 e. The molecule has 0 radical (unpaired) electrons. The summed E-state index contributed by atoms with van der Waals surface area (Å²) in [7, 11) is 2.20. The van der Waals surface area contributed by atoms with E-state index in [2.05, 4.69) is 50.9 Å². The maximum atomic E-state index is 5.76. The van der Waals surface area contributed by atoms with Crippen LogP contribution in [0.25, 0.3) is 0 Å². The molecular weight excluding hydrogens is 220 g/mol. The lowest BCUT2D eigenvalue weighted by molar-refractivity contribution is 0.277. The quantitative estimate of drug-likeness (QED) is 0.804. The third-order valence-electron chi connectivity index (χ3n) is 3.75. The summed E-state index contributed by atoms with van der Waals surface area (Å²) in [5.74, 6) is 0.633. The van der Waals surface area contributed by atoms with Gasteiger partial charge in [0.05, 0.1) is 0 Å². The number of hydrogen-bond acceptors (Lipinski definition) is 2. The Bertz CT molecular complexity index is 356. The van der Waals surface area contributed by atoms with Crippen molar-refractivity contribution in [3.05, 3.63) is 34.9 Å². The van der Waals surface area contributed by atoms with Crippen LogP contribution >= 0.6 is 0 Å². The zero-order chi connectivity index (χ0) is 13.5. The second kappa shape index (κ2) is 7.55. The predicted octanol–water partition coefficient (Wildman–Crippen LogP) is 2.76. The van der Waals surface area contributed by atoms with Crippen LogP contribution in [0.15, 0.2) is 18.2 Å². The topological polar surface area (TPSA) is 29.3 Å². The maximum Gasteiger partial charge on any atom is 0.00190 e. The van der Waals surface area contributed by atoms with Gasteiger partial charge in [-0.05, 0) is 50.9 Å². The van der Waals surface area contributed by atoms with Crippen LogP contribution in [0.4, 0.5) is 0 Å². The second-order valence-corrected chi connectivity index (χ2v) is 5.45. The van der Waals surface area contributed by atoms with Crippen molar-refractivity contribution in [2.75, 3.05) is 26.7 Å². The van der Waals surface area contributed by atoms with Crippen molar-refractivity contribution in [2.45, 2.75) is 33.6 Å². The highest BCUT2D eigenvalue weighted by Crippen LogP contribution is 2.12. The summed E-state index contributed by atoms with van der Waals surface area (Å²) >= 11 is 0. The molecule has 0 saturated carbocycles. The first-order valence-corrected chi connectivity index (χ1v) is 7.01. The Morgan fingerprint density at radius 3 is 2.61 bits per heavy atom. The van der Waals surface area contributed by atoms with Crippen LogP contribution in [0.3, 0.4) is 0 Å². The molecule has 1 rings (SSSR count). The van der Waals surface area contributed by atoms with E-state index in [9.17, 15) is 0 Å². The minimum Gasteiger partial charge on any atom is -0.330 e. The van der Waals surface area contributed by atoms with Crippen molar-refractivity contribution in [1.29, 1.82) is 0 Å². The molecule has 0 aromatic heterocycles. The molecule has 0 fully saturated rings. The molecule has 0 aliphatic rings.